The Morgan fingerprint density at radius 2 is 1.11 bits per heavy atom. The number of amides is 2. The van der Waals surface area contributed by atoms with Crippen molar-refractivity contribution in [1.82, 2.24) is 9.97 Å². The molecular weight excluding hydrogens is 687 g/mol. The molecular formula is C42H34F2N8O2. The van der Waals surface area contributed by atoms with E-state index in [9.17, 15) is 18.4 Å². The lowest BCUT2D eigenvalue weighted by atomic mass is 10.1. The molecule has 0 aliphatic carbocycles. The number of nitrogens with zero attached hydrogens (tertiary/aromatic N) is 2. The van der Waals surface area contributed by atoms with E-state index in [4.69, 9.17) is 0 Å². The van der Waals surface area contributed by atoms with Gasteiger partial charge in [-0.05, 0) is 109 Å². The Morgan fingerprint density at radius 3 is 1.61 bits per heavy atom. The maximum Gasteiger partial charge on any atom is 0.257 e. The number of fused-ring (bicyclic) bond motifs is 2. The molecule has 268 valence electrons. The predicted octanol–water partition coefficient (Wildman–Crippen LogP) is 8.48. The first-order valence-corrected chi connectivity index (χ1v) is 17.0. The molecule has 6 aromatic rings. The molecule has 10 nitrogen and oxygen atoms in total. The summed E-state index contributed by atoms with van der Waals surface area (Å²) in [6.07, 6.45) is 8.52. The average Bonchev–Trinajstić information content (AvgIpc) is 3.69. The smallest absolute Gasteiger partial charge is 0.257 e. The van der Waals surface area contributed by atoms with Crippen molar-refractivity contribution in [2.75, 3.05) is 31.9 Å². The van der Waals surface area contributed by atoms with Crippen LogP contribution in [0.4, 0.5) is 42.9 Å². The molecule has 12 heteroatoms. The molecule has 0 atom stereocenters. The predicted molar refractivity (Wildman–Crippen MR) is 209 cm³/mol. The van der Waals surface area contributed by atoms with Crippen LogP contribution in [0.25, 0.3) is 11.1 Å². The second kappa shape index (κ2) is 16.3. The minimum Gasteiger partial charge on any atom is -0.381 e. The lowest BCUT2D eigenvalue weighted by molar-refractivity contribution is -0.111. The van der Waals surface area contributed by atoms with Crippen molar-refractivity contribution in [3.05, 3.63) is 180 Å². The van der Waals surface area contributed by atoms with Gasteiger partial charge < -0.3 is 31.9 Å². The van der Waals surface area contributed by atoms with Crippen molar-refractivity contribution < 1.29 is 18.4 Å². The van der Waals surface area contributed by atoms with Gasteiger partial charge >= 0.3 is 0 Å². The quantitative estimate of drug-likeness (QED) is 0.0778. The van der Waals surface area contributed by atoms with E-state index in [2.05, 4.69) is 41.9 Å². The number of halogens is 2. The molecule has 0 spiro atoms. The van der Waals surface area contributed by atoms with Gasteiger partial charge in [0.1, 0.15) is 11.6 Å². The Morgan fingerprint density at radius 1 is 0.574 bits per heavy atom. The van der Waals surface area contributed by atoms with Crippen molar-refractivity contribution in [2.24, 2.45) is 0 Å². The van der Waals surface area contributed by atoms with Gasteiger partial charge in [-0.3, -0.25) is 19.6 Å². The van der Waals surface area contributed by atoms with Crippen molar-refractivity contribution in [2.45, 2.75) is 13.1 Å². The molecule has 8 rings (SSSR count). The summed E-state index contributed by atoms with van der Waals surface area (Å²) in [5, 5.41) is 18.3. The summed E-state index contributed by atoms with van der Waals surface area (Å²) in [6, 6.07) is 33.6. The number of aromatic nitrogens is 2. The summed E-state index contributed by atoms with van der Waals surface area (Å²) in [6.45, 7) is 1.33. The number of carbonyl (C=O) groups excluding carboxylic acids is 2. The van der Waals surface area contributed by atoms with Crippen molar-refractivity contribution >= 4 is 57.1 Å². The highest BCUT2D eigenvalue weighted by Gasteiger charge is 2.25. The van der Waals surface area contributed by atoms with Gasteiger partial charge in [0.15, 0.2) is 0 Å². The Kier molecular flexibility index (Phi) is 10.6. The van der Waals surface area contributed by atoms with Gasteiger partial charge in [0.05, 0.1) is 23.4 Å². The van der Waals surface area contributed by atoms with E-state index in [1.54, 1.807) is 36.9 Å². The lowest BCUT2D eigenvalue weighted by Gasteiger charge is -2.08. The van der Waals surface area contributed by atoms with Crippen molar-refractivity contribution in [3.8, 4) is 0 Å². The number of carbonyl (C=O) groups is 2. The first kappa shape index (κ1) is 35.1. The van der Waals surface area contributed by atoms with Gasteiger partial charge in [0.2, 0.25) is 0 Å². The van der Waals surface area contributed by atoms with Gasteiger partial charge in [0.25, 0.3) is 11.8 Å². The Bertz CT molecular complexity index is 2170. The highest BCUT2D eigenvalue weighted by Crippen LogP contribution is 2.33. The standard InChI is InChI=1S/2C21H17FN4O/c22-15-3-8-20-18(10-15)19(21(27)26-20)13-25-17-6-4-16(5-7-17)24-12-14-2-1-9-23-11-14;22-14-4-9-20-18(11-14)19(21(27)26-20)13-25-16-7-5-15(6-8-16)24-12-17-3-1-2-10-23-17/h2*1-11,13,24-25H,12H2,(H,26,27). The van der Waals surface area contributed by atoms with E-state index in [1.165, 1.54) is 24.3 Å². The summed E-state index contributed by atoms with van der Waals surface area (Å²) in [7, 11) is 0. The zero-order chi connectivity index (χ0) is 37.3. The first-order valence-electron chi connectivity index (χ1n) is 17.0. The second-order valence-corrected chi connectivity index (χ2v) is 12.2. The van der Waals surface area contributed by atoms with Crippen LogP contribution >= 0.6 is 0 Å². The van der Waals surface area contributed by atoms with Crippen LogP contribution < -0.4 is 31.9 Å². The Labute approximate surface area is 310 Å². The van der Waals surface area contributed by atoms with E-state index in [-0.39, 0.29) is 23.4 Å². The molecule has 2 aliphatic heterocycles. The molecule has 0 unspecified atom stereocenters. The molecule has 6 N–H and O–H groups in total. The van der Waals surface area contributed by atoms with Crippen LogP contribution in [0.2, 0.25) is 0 Å². The highest BCUT2D eigenvalue weighted by atomic mass is 19.1. The highest BCUT2D eigenvalue weighted by molar-refractivity contribution is 6.32. The van der Waals surface area contributed by atoms with E-state index in [1.807, 2.05) is 85.1 Å². The van der Waals surface area contributed by atoms with Crippen LogP contribution in [0.1, 0.15) is 22.4 Å². The molecule has 4 heterocycles. The third kappa shape index (κ3) is 8.75. The van der Waals surface area contributed by atoms with Gasteiger partial charge in [-0.25, -0.2) is 8.78 Å². The molecule has 4 aromatic carbocycles. The molecule has 0 saturated heterocycles. The average molecular weight is 721 g/mol. The van der Waals surface area contributed by atoms with Gasteiger partial charge in [0, 0.05) is 82.8 Å². The monoisotopic (exact) mass is 720 g/mol. The molecule has 2 aromatic heterocycles. The van der Waals surface area contributed by atoms with Gasteiger partial charge in [-0.15, -0.1) is 0 Å². The molecule has 2 amide bonds. The number of hydrogen-bond donors (Lipinski definition) is 6. The lowest BCUT2D eigenvalue weighted by Crippen LogP contribution is -2.05. The van der Waals surface area contributed by atoms with Crippen LogP contribution in [-0.4, -0.2) is 21.8 Å². The summed E-state index contributed by atoms with van der Waals surface area (Å²) < 4.78 is 26.9. The first-order chi connectivity index (χ1) is 26.4. The van der Waals surface area contributed by atoms with Crippen molar-refractivity contribution in [1.29, 1.82) is 0 Å². The van der Waals surface area contributed by atoms with E-state index < -0.39 is 0 Å². The number of anilines is 6. The molecule has 0 radical (unpaired) electrons. The maximum atomic E-state index is 13.5. The normalized spacial score (nSPS) is 14.0. The zero-order valence-corrected chi connectivity index (χ0v) is 28.7. The fourth-order valence-electron chi connectivity index (χ4n) is 5.69. The molecule has 0 bridgehead atoms. The van der Waals surface area contributed by atoms with Crippen LogP contribution in [-0.2, 0) is 22.7 Å². The molecule has 2 aliphatic rings. The Balaban J connectivity index is 0.000000167. The SMILES string of the molecule is O=C1Nc2ccc(F)cc2C1=CNc1ccc(NCc2ccccn2)cc1.O=C1Nc2ccc(F)cc2C1=CNc1ccc(NCc2cccnc2)cc1. The van der Waals surface area contributed by atoms with Crippen molar-refractivity contribution in [3.63, 3.8) is 0 Å². The summed E-state index contributed by atoms with van der Waals surface area (Å²) in [4.78, 5) is 32.5. The number of hydrogen-bond acceptors (Lipinski definition) is 8. The zero-order valence-electron chi connectivity index (χ0n) is 28.7. The van der Waals surface area contributed by atoms with Gasteiger partial charge in [-0.2, -0.15) is 0 Å². The minimum absolute atomic E-state index is 0.252. The third-order valence-electron chi connectivity index (χ3n) is 8.48. The fraction of sp³-hybridized carbons (Fsp3) is 0.0476. The third-order valence-corrected chi connectivity index (χ3v) is 8.48. The van der Waals surface area contributed by atoms with E-state index >= 15 is 0 Å². The van der Waals surface area contributed by atoms with Crippen LogP contribution in [0.5, 0.6) is 0 Å². The minimum atomic E-state index is -0.375. The summed E-state index contributed by atoms with van der Waals surface area (Å²) >= 11 is 0. The topological polar surface area (TPSA) is 132 Å². The number of benzene rings is 4. The number of rotatable bonds is 10. The van der Waals surface area contributed by atoms with E-state index in [0.717, 1.165) is 34.0 Å². The number of pyridine rings is 2. The van der Waals surface area contributed by atoms with Gasteiger partial charge in [-0.1, -0.05) is 12.1 Å². The van der Waals surface area contributed by atoms with Crippen LogP contribution in [0.15, 0.2) is 146 Å². The Hall–Kier alpha value is -7.34. The largest absolute Gasteiger partial charge is 0.381 e. The van der Waals surface area contributed by atoms with E-state index in [0.29, 0.717) is 46.7 Å². The molecule has 0 saturated carbocycles. The summed E-state index contributed by atoms with van der Waals surface area (Å²) in [5.41, 5.74) is 8.80. The van der Waals surface area contributed by atoms with Crippen LogP contribution in [0, 0.1) is 11.6 Å². The fourth-order valence-corrected chi connectivity index (χ4v) is 5.69. The summed E-state index contributed by atoms with van der Waals surface area (Å²) in [5.74, 6) is -1.26. The maximum absolute atomic E-state index is 13.5. The second-order valence-electron chi connectivity index (χ2n) is 12.2. The number of nitrogens with one attached hydrogen (secondary N) is 6. The molecule has 0 fully saturated rings. The molecule has 54 heavy (non-hydrogen) atoms. The van der Waals surface area contributed by atoms with Crippen LogP contribution in [0.3, 0.4) is 0 Å².